The van der Waals surface area contributed by atoms with Gasteiger partial charge in [0.1, 0.15) is 11.6 Å². The van der Waals surface area contributed by atoms with Gasteiger partial charge in [-0.3, -0.25) is 10.1 Å². The number of carboxylic acid groups (broad SMARTS) is 1. The molecule has 8 heteroatoms. The van der Waals surface area contributed by atoms with Crippen LogP contribution in [0.25, 0.3) is 5.70 Å². The Kier molecular flexibility index (Phi) is 10.6. The Morgan fingerprint density at radius 1 is 1.15 bits per heavy atom. The number of nitrogens with zero attached hydrogens (tertiary/aromatic N) is 1. The third-order valence-electron chi connectivity index (χ3n) is 6.39. The first-order chi connectivity index (χ1) is 16.3. The maximum absolute atomic E-state index is 14.1. The number of nitrogens with two attached hydrogens (primary N) is 2. The number of carboxylic acids is 1. The van der Waals surface area contributed by atoms with Gasteiger partial charge in [-0.1, -0.05) is 26.0 Å². The van der Waals surface area contributed by atoms with Gasteiger partial charge < -0.3 is 15.6 Å². The number of carbonyl (C=O) groups is 1. The second-order valence-corrected chi connectivity index (χ2v) is 8.68. The highest BCUT2D eigenvalue weighted by molar-refractivity contribution is 7.77. The summed E-state index contributed by atoms with van der Waals surface area (Å²) in [6, 6.07) is 10.5. The molecular formula is C26H34FN3O3S. The summed E-state index contributed by atoms with van der Waals surface area (Å²) in [6.45, 7) is 4.63. The van der Waals surface area contributed by atoms with Crippen molar-refractivity contribution >= 4 is 36.4 Å². The van der Waals surface area contributed by atoms with E-state index in [0.29, 0.717) is 5.92 Å². The molecule has 0 bridgehead atoms. The summed E-state index contributed by atoms with van der Waals surface area (Å²) >= 11 is 3.03. The molecule has 6 nitrogen and oxygen atoms in total. The zero-order valence-electron chi connectivity index (χ0n) is 19.9. The monoisotopic (exact) mass is 487 g/mol. The molecule has 0 radical (unpaired) electrons. The van der Waals surface area contributed by atoms with Crippen molar-refractivity contribution in [3.63, 3.8) is 0 Å². The zero-order chi connectivity index (χ0) is 25.3. The van der Waals surface area contributed by atoms with E-state index >= 15 is 0 Å². The molecule has 0 aliphatic heterocycles. The van der Waals surface area contributed by atoms with Crippen molar-refractivity contribution in [2.45, 2.75) is 45.4 Å². The van der Waals surface area contributed by atoms with E-state index in [2.05, 4.69) is 48.9 Å². The lowest BCUT2D eigenvalue weighted by Crippen LogP contribution is -2.17. The van der Waals surface area contributed by atoms with Crippen LogP contribution >= 0.6 is 12.8 Å². The molecule has 1 fully saturated rings. The number of aromatic carboxylic acids is 1. The van der Waals surface area contributed by atoms with E-state index in [0.717, 1.165) is 29.7 Å². The average molecular weight is 488 g/mol. The van der Waals surface area contributed by atoms with E-state index in [1.165, 1.54) is 38.4 Å². The van der Waals surface area contributed by atoms with E-state index < -0.39 is 17.3 Å². The number of aliphatic imine (C=N–C) groups is 1. The van der Waals surface area contributed by atoms with Gasteiger partial charge in [0.2, 0.25) is 0 Å². The first-order valence-corrected chi connectivity index (χ1v) is 11.8. The van der Waals surface area contributed by atoms with Gasteiger partial charge in [0.05, 0.1) is 18.4 Å². The van der Waals surface area contributed by atoms with Crippen molar-refractivity contribution in [3.8, 4) is 5.75 Å². The van der Waals surface area contributed by atoms with Gasteiger partial charge in [0.25, 0.3) is 0 Å². The van der Waals surface area contributed by atoms with Crippen LogP contribution in [0.5, 0.6) is 5.75 Å². The number of halogens is 1. The number of allylic oxidation sites excluding steroid dienone is 1. The van der Waals surface area contributed by atoms with Crippen molar-refractivity contribution in [2.75, 3.05) is 7.11 Å². The standard InChI is InChI=1S/C26H31FN2O3.H3NS/c1-16(2)17-4-6-18(7-5-17)19-8-10-20(11-9-19)29-13-12-24(28)22-14-23(27)21(26(30)31)15-25(22)32-3;1-2/h8-18H,4-7,28H2,1-3H3,(H,30,31);2H,1H2/b24-12-,29-13?;. The Morgan fingerprint density at radius 2 is 1.76 bits per heavy atom. The van der Waals surface area contributed by atoms with Gasteiger partial charge in [-0.15, -0.1) is 12.8 Å². The van der Waals surface area contributed by atoms with Crippen LogP contribution in [0, 0.1) is 17.7 Å². The SMILES string of the molecule is COc1cc(C(=O)O)c(F)cc1/C(N)=C/C=Nc1ccc(C2CCC(C(C)C)CC2)cc1.NS. The summed E-state index contributed by atoms with van der Waals surface area (Å²) in [6.07, 6.45) is 8.15. The second kappa shape index (κ2) is 13.2. The maximum Gasteiger partial charge on any atom is 0.338 e. The fraction of sp³-hybridized carbons (Fsp3) is 0.385. The predicted molar refractivity (Wildman–Crippen MR) is 139 cm³/mol. The second-order valence-electron chi connectivity index (χ2n) is 8.68. The fourth-order valence-electron chi connectivity index (χ4n) is 4.36. The van der Waals surface area contributed by atoms with Crippen LogP contribution < -0.4 is 15.6 Å². The number of ether oxygens (including phenoxy) is 1. The maximum atomic E-state index is 14.1. The summed E-state index contributed by atoms with van der Waals surface area (Å²) < 4.78 is 19.2. The third-order valence-corrected chi connectivity index (χ3v) is 6.39. The minimum absolute atomic E-state index is 0.183. The van der Waals surface area contributed by atoms with Crippen molar-refractivity contribution < 1.29 is 19.0 Å². The largest absolute Gasteiger partial charge is 0.496 e. The van der Waals surface area contributed by atoms with Gasteiger partial charge in [0, 0.05) is 17.5 Å². The molecule has 3 rings (SSSR count). The lowest BCUT2D eigenvalue weighted by atomic mass is 9.75. The first kappa shape index (κ1) is 27.4. The van der Waals surface area contributed by atoms with Crippen LogP contribution in [0.1, 0.15) is 66.9 Å². The van der Waals surface area contributed by atoms with Gasteiger partial charge >= 0.3 is 5.97 Å². The van der Waals surface area contributed by atoms with Crippen LogP contribution in [-0.2, 0) is 0 Å². The molecule has 2 aromatic carbocycles. The minimum atomic E-state index is -1.37. The van der Waals surface area contributed by atoms with Gasteiger partial charge in [-0.25, -0.2) is 9.18 Å². The van der Waals surface area contributed by atoms with Crippen LogP contribution in [0.3, 0.4) is 0 Å². The van der Waals surface area contributed by atoms with Crippen LogP contribution in [0.4, 0.5) is 10.1 Å². The molecule has 34 heavy (non-hydrogen) atoms. The third kappa shape index (κ3) is 7.08. The molecular weight excluding hydrogens is 453 g/mol. The van der Waals surface area contributed by atoms with E-state index in [1.54, 1.807) is 12.3 Å². The molecule has 0 atom stereocenters. The Hall–Kier alpha value is -2.84. The zero-order valence-corrected chi connectivity index (χ0v) is 20.8. The van der Waals surface area contributed by atoms with Crippen molar-refractivity contribution in [2.24, 2.45) is 27.7 Å². The quantitative estimate of drug-likeness (QED) is 0.285. The van der Waals surface area contributed by atoms with E-state index in [9.17, 15) is 9.18 Å². The number of hydrogen-bond acceptors (Lipinski definition) is 6. The van der Waals surface area contributed by atoms with Crippen LogP contribution in [-0.4, -0.2) is 24.4 Å². The highest BCUT2D eigenvalue weighted by Gasteiger charge is 2.24. The Bertz CT molecular complexity index is 1010. The van der Waals surface area contributed by atoms with Crippen LogP contribution in [0.2, 0.25) is 0 Å². The Balaban J connectivity index is 0.00000199. The van der Waals surface area contributed by atoms with Gasteiger partial charge in [-0.2, -0.15) is 0 Å². The van der Waals surface area contributed by atoms with Gasteiger partial charge in [0.15, 0.2) is 0 Å². The molecule has 0 amide bonds. The normalized spacial score (nSPS) is 18.5. The van der Waals surface area contributed by atoms with Crippen molar-refractivity contribution in [1.82, 2.24) is 0 Å². The lowest BCUT2D eigenvalue weighted by Gasteiger charge is -2.31. The molecule has 184 valence electrons. The molecule has 0 spiro atoms. The number of methoxy groups -OCH3 is 1. The fourth-order valence-corrected chi connectivity index (χ4v) is 4.36. The topological polar surface area (TPSA) is 111 Å². The number of hydrogen-bond donors (Lipinski definition) is 4. The summed E-state index contributed by atoms with van der Waals surface area (Å²) in [4.78, 5) is 15.5. The van der Waals surface area contributed by atoms with E-state index in [1.807, 2.05) is 12.1 Å². The number of benzene rings is 2. The molecule has 0 aromatic heterocycles. The van der Waals surface area contributed by atoms with Crippen molar-refractivity contribution in [3.05, 3.63) is 65.0 Å². The molecule has 0 heterocycles. The summed E-state index contributed by atoms with van der Waals surface area (Å²) in [5.41, 5.74) is 8.25. The average Bonchev–Trinajstić information content (AvgIpc) is 2.85. The smallest absolute Gasteiger partial charge is 0.338 e. The van der Waals surface area contributed by atoms with Crippen LogP contribution in [0.15, 0.2) is 47.5 Å². The van der Waals surface area contributed by atoms with Gasteiger partial charge in [-0.05, 0) is 79.3 Å². The number of thiol groups is 1. The highest BCUT2D eigenvalue weighted by Crippen LogP contribution is 2.39. The van der Waals surface area contributed by atoms with Crippen molar-refractivity contribution in [1.29, 1.82) is 0 Å². The molecule has 2 aromatic rings. The summed E-state index contributed by atoms with van der Waals surface area (Å²) in [5.74, 6) is 0.171. The molecule has 1 aliphatic rings. The Morgan fingerprint density at radius 3 is 2.29 bits per heavy atom. The summed E-state index contributed by atoms with van der Waals surface area (Å²) in [5, 5.41) is 13.3. The molecule has 1 aliphatic carbocycles. The molecule has 0 unspecified atom stereocenters. The minimum Gasteiger partial charge on any atom is -0.496 e. The summed E-state index contributed by atoms with van der Waals surface area (Å²) in [7, 11) is 1.38. The van der Waals surface area contributed by atoms with E-state index in [4.69, 9.17) is 15.6 Å². The molecule has 0 saturated heterocycles. The molecule has 1 saturated carbocycles. The van der Waals surface area contributed by atoms with E-state index in [-0.39, 0.29) is 17.0 Å². The highest BCUT2D eigenvalue weighted by atomic mass is 32.1. The Labute approximate surface area is 206 Å². The lowest BCUT2D eigenvalue weighted by molar-refractivity contribution is 0.0691. The number of rotatable bonds is 7. The molecule has 5 N–H and O–H groups in total. The predicted octanol–water partition coefficient (Wildman–Crippen LogP) is 5.95. The first-order valence-electron chi connectivity index (χ1n) is 11.3.